The van der Waals surface area contributed by atoms with E-state index in [0.29, 0.717) is 0 Å². The van der Waals surface area contributed by atoms with Crippen LogP contribution in [-0.2, 0) is 6.42 Å². The van der Waals surface area contributed by atoms with Crippen molar-refractivity contribution in [2.45, 2.75) is 33.1 Å². The summed E-state index contributed by atoms with van der Waals surface area (Å²) in [5, 5.41) is 6.94. The number of aryl methyl sites for hydroxylation is 2. The number of hydrogen-bond acceptors (Lipinski definition) is 4. The van der Waals surface area contributed by atoms with Crippen molar-refractivity contribution < 1.29 is 0 Å². The second-order valence-corrected chi connectivity index (χ2v) is 6.36. The van der Waals surface area contributed by atoms with Gasteiger partial charge in [0.1, 0.15) is 5.82 Å². The summed E-state index contributed by atoms with van der Waals surface area (Å²) in [5.74, 6) is 2.50. The molecule has 0 amide bonds. The van der Waals surface area contributed by atoms with Crippen molar-refractivity contribution in [3.05, 3.63) is 41.6 Å². The molecule has 2 heterocycles. The van der Waals surface area contributed by atoms with Gasteiger partial charge in [-0.1, -0.05) is 36.8 Å². The summed E-state index contributed by atoms with van der Waals surface area (Å²) < 4.78 is 0. The maximum atomic E-state index is 4.73. The Hall–Kier alpha value is -1.94. The van der Waals surface area contributed by atoms with Crippen molar-refractivity contribution in [3.63, 3.8) is 0 Å². The molecule has 122 valence electrons. The van der Waals surface area contributed by atoms with Crippen LogP contribution in [0.5, 0.6) is 0 Å². The van der Waals surface area contributed by atoms with Gasteiger partial charge in [-0.05, 0) is 45.2 Å². The van der Waals surface area contributed by atoms with Crippen molar-refractivity contribution >= 4 is 5.82 Å². The van der Waals surface area contributed by atoms with Crippen LogP contribution in [0.3, 0.4) is 0 Å². The van der Waals surface area contributed by atoms with E-state index >= 15 is 0 Å². The summed E-state index contributed by atoms with van der Waals surface area (Å²) in [6.07, 6.45) is 3.40. The average molecular weight is 310 g/mol. The Morgan fingerprint density at radius 1 is 1.13 bits per heavy atom. The first-order chi connectivity index (χ1) is 11.2. The van der Waals surface area contributed by atoms with Crippen LogP contribution >= 0.6 is 0 Å². The molecule has 0 saturated carbocycles. The molecular weight excluding hydrogens is 284 g/mol. The van der Waals surface area contributed by atoms with Gasteiger partial charge in [0, 0.05) is 23.9 Å². The van der Waals surface area contributed by atoms with Gasteiger partial charge in [0.05, 0.1) is 0 Å². The number of anilines is 1. The summed E-state index contributed by atoms with van der Waals surface area (Å²) in [5.41, 5.74) is 3.42. The molecule has 0 spiro atoms. The van der Waals surface area contributed by atoms with Crippen LogP contribution in [-0.4, -0.2) is 29.6 Å². The second kappa shape index (κ2) is 7.55. The third-order valence-corrected chi connectivity index (χ3v) is 4.48. The molecule has 0 atom stereocenters. The lowest BCUT2D eigenvalue weighted by molar-refractivity contribution is 0.389. The minimum atomic E-state index is 0.735. The van der Waals surface area contributed by atoms with Crippen LogP contribution in [0.4, 0.5) is 5.82 Å². The first-order valence-corrected chi connectivity index (χ1v) is 8.64. The van der Waals surface area contributed by atoms with Crippen molar-refractivity contribution in [2.24, 2.45) is 5.92 Å². The Balaban J connectivity index is 1.76. The monoisotopic (exact) mass is 310 g/mol. The van der Waals surface area contributed by atoms with Gasteiger partial charge in [0.2, 0.25) is 0 Å². The first-order valence-electron chi connectivity index (χ1n) is 8.64. The van der Waals surface area contributed by atoms with Gasteiger partial charge in [-0.15, -0.1) is 0 Å². The largest absolute Gasteiger partial charge is 0.370 e. The predicted molar refractivity (Wildman–Crippen MR) is 95.7 cm³/mol. The van der Waals surface area contributed by atoms with E-state index in [0.717, 1.165) is 54.9 Å². The highest BCUT2D eigenvalue weighted by molar-refractivity contribution is 5.58. The van der Waals surface area contributed by atoms with E-state index in [1.807, 2.05) is 0 Å². The minimum Gasteiger partial charge on any atom is -0.370 e. The summed E-state index contributed by atoms with van der Waals surface area (Å²) in [6.45, 7) is 7.49. The molecule has 0 radical (unpaired) electrons. The normalized spacial score (nSPS) is 15.6. The van der Waals surface area contributed by atoms with E-state index in [1.165, 1.54) is 18.4 Å². The molecule has 0 unspecified atom stereocenters. The van der Waals surface area contributed by atoms with E-state index in [4.69, 9.17) is 4.98 Å². The number of benzene rings is 1. The van der Waals surface area contributed by atoms with Crippen LogP contribution in [0.1, 0.15) is 31.0 Å². The van der Waals surface area contributed by atoms with E-state index in [2.05, 4.69) is 59.8 Å². The van der Waals surface area contributed by atoms with Crippen LogP contribution < -0.4 is 10.6 Å². The molecule has 4 nitrogen and oxygen atoms in total. The van der Waals surface area contributed by atoms with Crippen LogP contribution in [0.25, 0.3) is 11.4 Å². The highest BCUT2D eigenvalue weighted by Gasteiger charge is 2.13. The van der Waals surface area contributed by atoms with Gasteiger partial charge >= 0.3 is 0 Å². The zero-order valence-electron chi connectivity index (χ0n) is 14.1. The van der Waals surface area contributed by atoms with E-state index in [1.54, 1.807) is 0 Å². The standard InChI is InChI=1S/C19H26N4/c1-3-17-12-18(21-13-15-8-10-20-11-9-15)23-19(22-17)16-6-4-14(2)5-7-16/h4-7,12,15,20H,3,8-11,13H2,1-2H3,(H,21,22,23). The molecular formula is C19H26N4. The molecule has 1 aromatic heterocycles. The fraction of sp³-hybridized carbons (Fsp3) is 0.474. The fourth-order valence-corrected chi connectivity index (χ4v) is 2.94. The SMILES string of the molecule is CCc1cc(NCC2CCNCC2)nc(-c2ccc(C)cc2)n1. The maximum Gasteiger partial charge on any atom is 0.161 e. The number of rotatable bonds is 5. The molecule has 0 bridgehead atoms. The van der Waals surface area contributed by atoms with E-state index in [9.17, 15) is 0 Å². The summed E-state index contributed by atoms with van der Waals surface area (Å²) >= 11 is 0. The molecule has 4 heteroatoms. The Morgan fingerprint density at radius 3 is 2.57 bits per heavy atom. The van der Waals surface area contributed by atoms with Gasteiger partial charge in [0.25, 0.3) is 0 Å². The quantitative estimate of drug-likeness (QED) is 0.888. The highest BCUT2D eigenvalue weighted by atomic mass is 15.0. The highest BCUT2D eigenvalue weighted by Crippen LogP contribution is 2.20. The second-order valence-electron chi connectivity index (χ2n) is 6.36. The van der Waals surface area contributed by atoms with Gasteiger partial charge in [0.15, 0.2) is 5.82 Å². The number of piperidine rings is 1. The molecule has 2 N–H and O–H groups in total. The van der Waals surface area contributed by atoms with Crippen molar-refractivity contribution in [1.29, 1.82) is 0 Å². The van der Waals surface area contributed by atoms with Crippen LogP contribution in [0, 0.1) is 12.8 Å². The van der Waals surface area contributed by atoms with Crippen molar-refractivity contribution in [3.8, 4) is 11.4 Å². The van der Waals surface area contributed by atoms with Crippen LogP contribution in [0.15, 0.2) is 30.3 Å². The van der Waals surface area contributed by atoms with E-state index in [-0.39, 0.29) is 0 Å². The Morgan fingerprint density at radius 2 is 1.87 bits per heavy atom. The fourth-order valence-electron chi connectivity index (χ4n) is 2.94. The van der Waals surface area contributed by atoms with Gasteiger partial charge in [-0.2, -0.15) is 0 Å². The first kappa shape index (κ1) is 15.9. The molecule has 1 aromatic carbocycles. The maximum absolute atomic E-state index is 4.73. The van der Waals surface area contributed by atoms with Crippen LogP contribution in [0.2, 0.25) is 0 Å². The third kappa shape index (κ3) is 4.29. The Labute approximate surface area is 138 Å². The lowest BCUT2D eigenvalue weighted by atomic mass is 9.98. The predicted octanol–water partition coefficient (Wildman–Crippen LogP) is 3.43. The molecule has 0 aliphatic carbocycles. The Bertz CT molecular complexity index is 630. The number of hydrogen-bond donors (Lipinski definition) is 2. The minimum absolute atomic E-state index is 0.735. The van der Waals surface area contributed by atoms with Gasteiger partial charge in [-0.25, -0.2) is 9.97 Å². The number of nitrogens with one attached hydrogen (secondary N) is 2. The molecule has 1 saturated heterocycles. The van der Waals surface area contributed by atoms with Crippen molar-refractivity contribution in [1.82, 2.24) is 15.3 Å². The summed E-state index contributed by atoms with van der Waals surface area (Å²) in [6, 6.07) is 10.5. The van der Waals surface area contributed by atoms with Crippen molar-refractivity contribution in [2.75, 3.05) is 25.0 Å². The zero-order valence-corrected chi connectivity index (χ0v) is 14.1. The topological polar surface area (TPSA) is 49.8 Å². The molecule has 23 heavy (non-hydrogen) atoms. The molecule has 1 aliphatic heterocycles. The molecule has 2 aromatic rings. The number of nitrogens with zero attached hydrogens (tertiary/aromatic N) is 2. The zero-order chi connectivity index (χ0) is 16.1. The van der Waals surface area contributed by atoms with Gasteiger partial charge < -0.3 is 10.6 Å². The number of aromatic nitrogens is 2. The Kier molecular flexibility index (Phi) is 5.23. The van der Waals surface area contributed by atoms with Gasteiger partial charge in [-0.3, -0.25) is 0 Å². The third-order valence-electron chi connectivity index (χ3n) is 4.48. The van der Waals surface area contributed by atoms with E-state index < -0.39 is 0 Å². The molecule has 1 aliphatic rings. The lowest BCUT2D eigenvalue weighted by Crippen LogP contribution is -2.31. The lowest BCUT2D eigenvalue weighted by Gasteiger charge is -2.23. The molecule has 1 fully saturated rings. The summed E-state index contributed by atoms with van der Waals surface area (Å²) in [4.78, 5) is 9.41. The summed E-state index contributed by atoms with van der Waals surface area (Å²) in [7, 11) is 0. The smallest absolute Gasteiger partial charge is 0.161 e. The molecule has 3 rings (SSSR count). The average Bonchev–Trinajstić information content (AvgIpc) is 2.61.